The molecule has 0 unspecified atom stereocenters. The van der Waals surface area contributed by atoms with Crippen molar-refractivity contribution in [2.75, 3.05) is 9.62 Å². The Bertz CT molecular complexity index is 1250. The number of benzene rings is 2. The molecular weight excluding hydrogens is 425 g/mol. The lowest BCUT2D eigenvalue weighted by atomic mass is 9.58. The van der Waals surface area contributed by atoms with Gasteiger partial charge in [0, 0.05) is 23.1 Å². The average Bonchev–Trinajstić information content (AvgIpc) is 3.20. The van der Waals surface area contributed by atoms with E-state index in [1.807, 2.05) is 0 Å². The monoisotopic (exact) mass is 462 g/mol. The van der Waals surface area contributed by atoms with E-state index < -0.39 is 0 Å². The fraction of sp³-hybridized carbons (Fsp3) is 0.323. The molecule has 1 aromatic heterocycles. The van der Waals surface area contributed by atoms with Gasteiger partial charge in [0.25, 0.3) is 5.82 Å². The minimum atomic E-state index is 0.0391. The lowest BCUT2D eigenvalue weighted by molar-refractivity contribution is -0.658. The number of aryl methyl sites for hydroxylation is 1. The molecule has 0 N–H and O–H groups in total. The molecule has 1 aliphatic heterocycles. The summed E-state index contributed by atoms with van der Waals surface area (Å²) in [5.41, 5.74) is 8.27. The average molecular weight is 462 g/mol. The number of rotatable bonds is 5. The quantitative estimate of drug-likeness (QED) is 0.326. The van der Waals surface area contributed by atoms with E-state index >= 15 is 0 Å². The third-order valence-corrected chi connectivity index (χ3v) is 7.49. The number of allylic oxidation sites excluding steroid dienone is 3. The molecule has 1 aliphatic carbocycles. The number of anilines is 2. The predicted molar refractivity (Wildman–Crippen MR) is 149 cm³/mol. The Morgan fingerprint density at radius 2 is 1.49 bits per heavy atom. The Hall–Kier alpha value is -3.27. The van der Waals surface area contributed by atoms with Crippen molar-refractivity contribution in [3.8, 4) is 0 Å². The maximum absolute atomic E-state index is 2.63. The number of aromatic nitrogens is 1. The van der Waals surface area contributed by atoms with Gasteiger partial charge in [-0.15, -0.1) is 0 Å². The zero-order valence-electron chi connectivity index (χ0n) is 21.9. The fourth-order valence-electron chi connectivity index (χ4n) is 5.82. The molecule has 0 fully saturated rings. The van der Waals surface area contributed by atoms with Crippen LogP contribution >= 0.6 is 0 Å². The summed E-state index contributed by atoms with van der Waals surface area (Å²) in [4.78, 5) is 5.21. The second-order valence-electron chi connectivity index (χ2n) is 10.6. The van der Waals surface area contributed by atoms with Crippen LogP contribution < -0.4 is 19.7 Å². The summed E-state index contributed by atoms with van der Waals surface area (Å²) >= 11 is 0. The second-order valence-corrected chi connectivity index (χ2v) is 10.6. The van der Waals surface area contributed by atoms with Crippen molar-refractivity contribution < 1.29 is 4.57 Å². The fourth-order valence-corrected chi connectivity index (χ4v) is 5.82. The number of pyridine rings is 1. The van der Waals surface area contributed by atoms with Gasteiger partial charge < -0.3 is 4.81 Å². The second kappa shape index (κ2) is 9.41. The van der Waals surface area contributed by atoms with E-state index in [2.05, 4.69) is 141 Å². The van der Waals surface area contributed by atoms with Gasteiger partial charge in [0.1, 0.15) is 5.70 Å². The van der Waals surface area contributed by atoms with Gasteiger partial charge in [-0.05, 0) is 53.7 Å². The molecule has 3 nitrogen and oxygen atoms in total. The number of para-hydroxylation sites is 1. The molecule has 35 heavy (non-hydrogen) atoms. The van der Waals surface area contributed by atoms with Gasteiger partial charge in [0.15, 0.2) is 0 Å². The van der Waals surface area contributed by atoms with E-state index in [-0.39, 0.29) is 6.98 Å². The molecular formula is C31H37BN3+. The summed E-state index contributed by atoms with van der Waals surface area (Å²) in [6.07, 6.45) is 7.93. The molecule has 2 aliphatic rings. The Morgan fingerprint density at radius 3 is 2.11 bits per heavy atom. The molecule has 0 radical (unpaired) electrons. The van der Waals surface area contributed by atoms with Crippen molar-refractivity contribution in [1.29, 1.82) is 0 Å². The van der Waals surface area contributed by atoms with E-state index in [1.54, 1.807) is 0 Å². The first kappa shape index (κ1) is 23.5. The molecule has 0 saturated heterocycles. The van der Waals surface area contributed by atoms with Crippen LogP contribution in [0.5, 0.6) is 0 Å². The van der Waals surface area contributed by atoms with Crippen molar-refractivity contribution in [3.63, 3.8) is 0 Å². The Kier molecular flexibility index (Phi) is 6.31. The molecule has 1 atom stereocenters. The van der Waals surface area contributed by atoms with Crippen LogP contribution in [0.25, 0.3) is 0 Å². The predicted octanol–water partition coefficient (Wildman–Crippen LogP) is 6.29. The maximum atomic E-state index is 2.63. The number of hydrogen-bond acceptors (Lipinski definition) is 2. The summed E-state index contributed by atoms with van der Waals surface area (Å²) in [6, 6.07) is 24.4. The zero-order chi connectivity index (χ0) is 24.7. The van der Waals surface area contributed by atoms with Gasteiger partial charge in [0.2, 0.25) is 0 Å². The zero-order valence-corrected chi connectivity index (χ0v) is 21.9. The minimum absolute atomic E-state index is 0.0391. The first-order valence-electron chi connectivity index (χ1n) is 13.0. The van der Waals surface area contributed by atoms with E-state index in [0.29, 0.717) is 17.8 Å². The lowest BCUT2D eigenvalue weighted by Crippen LogP contribution is -2.59. The SMILES string of the molecule is CC(C)c1cccc(C(C)C)c1B1N(c2ccccc2)C2=C([C@H](C)CC=C2)N1c1cccc[n+]1C. The first-order chi connectivity index (χ1) is 16.9. The largest absolute Gasteiger partial charge is 0.542 e. The molecule has 0 spiro atoms. The normalized spacial score (nSPS) is 17.7. The lowest BCUT2D eigenvalue weighted by Gasteiger charge is -2.31. The van der Waals surface area contributed by atoms with Crippen molar-refractivity contribution in [2.24, 2.45) is 13.0 Å². The maximum Gasteiger partial charge on any atom is 0.542 e. The Balaban J connectivity index is 1.87. The third kappa shape index (κ3) is 3.99. The number of nitrogens with zero attached hydrogens (tertiary/aromatic N) is 3. The van der Waals surface area contributed by atoms with Crippen LogP contribution in [0.15, 0.2) is 96.5 Å². The van der Waals surface area contributed by atoms with Gasteiger partial charge in [-0.1, -0.05) is 83.2 Å². The van der Waals surface area contributed by atoms with Crippen LogP contribution in [-0.4, -0.2) is 6.98 Å². The van der Waals surface area contributed by atoms with Crippen molar-refractivity contribution in [2.45, 2.75) is 52.9 Å². The van der Waals surface area contributed by atoms with Crippen LogP contribution in [0.1, 0.15) is 64.0 Å². The topological polar surface area (TPSA) is 10.4 Å². The highest BCUT2D eigenvalue weighted by Gasteiger charge is 2.55. The molecule has 0 amide bonds. The molecule has 5 rings (SSSR count). The highest BCUT2D eigenvalue weighted by atomic mass is 15.3. The molecule has 178 valence electrons. The standard InChI is InChI=1S/C31H37BN3/c1-22(2)26-17-13-18-27(23(3)4)30(26)32-34(25-15-8-7-9-16-25)28-19-12-14-24(5)31(28)35(32)29-20-10-11-21-33(29)6/h7-13,15-24H,14H2,1-6H3/q+1/t24-/m1/s1. The Labute approximate surface area is 211 Å². The molecule has 0 bridgehead atoms. The van der Waals surface area contributed by atoms with Gasteiger partial charge in [-0.3, -0.25) is 4.81 Å². The summed E-state index contributed by atoms with van der Waals surface area (Å²) in [7, 11) is 2.17. The van der Waals surface area contributed by atoms with Crippen LogP contribution in [0, 0.1) is 5.92 Å². The van der Waals surface area contributed by atoms with E-state index in [4.69, 9.17) is 0 Å². The summed E-state index contributed by atoms with van der Waals surface area (Å²) in [5.74, 6) is 2.51. The van der Waals surface area contributed by atoms with Gasteiger partial charge in [0.05, 0.1) is 18.9 Å². The Morgan fingerprint density at radius 1 is 0.829 bits per heavy atom. The van der Waals surface area contributed by atoms with Crippen molar-refractivity contribution in [1.82, 2.24) is 0 Å². The smallest absolute Gasteiger partial charge is 0.336 e. The van der Waals surface area contributed by atoms with E-state index in [1.165, 1.54) is 39.5 Å². The highest BCUT2D eigenvalue weighted by molar-refractivity contribution is 6.83. The van der Waals surface area contributed by atoms with Crippen LogP contribution in [0.4, 0.5) is 11.5 Å². The summed E-state index contributed by atoms with van der Waals surface area (Å²) in [5, 5.41) is 0. The molecule has 2 heterocycles. The number of hydrogen-bond donors (Lipinski definition) is 0. The molecule has 3 aromatic rings. The van der Waals surface area contributed by atoms with E-state index in [9.17, 15) is 0 Å². The van der Waals surface area contributed by atoms with Crippen molar-refractivity contribution in [3.05, 3.63) is 108 Å². The third-order valence-electron chi connectivity index (χ3n) is 7.49. The summed E-state index contributed by atoms with van der Waals surface area (Å²) in [6.45, 7) is 11.7. The summed E-state index contributed by atoms with van der Waals surface area (Å²) < 4.78 is 2.27. The molecule has 0 saturated carbocycles. The molecule has 2 aromatic carbocycles. The first-order valence-corrected chi connectivity index (χ1v) is 13.0. The van der Waals surface area contributed by atoms with Gasteiger partial charge in [-0.2, -0.15) is 0 Å². The van der Waals surface area contributed by atoms with Crippen molar-refractivity contribution >= 4 is 24.0 Å². The van der Waals surface area contributed by atoms with Crippen LogP contribution in [0.2, 0.25) is 0 Å². The van der Waals surface area contributed by atoms with E-state index in [0.717, 1.165) is 6.42 Å². The van der Waals surface area contributed by atoms with Crippen LogP contribution in [-0.2, 0) is 7.05 Å². The molecule has 4 heteroatoms. The minimum Gasteiger partial charge on any atom is -0.336 e. The van der Waals surface area contributed by atoms with Gasteiger partial charge >= 0.3 is 6.98 Å². The highest BCUT2D eigenvalue weighted by Crippen LogP contribution is 2.42. The van der Waals surface area contributed by atoms with Gasteiger partial charge in [-0.25, -0.2) is 4.57 Å². The van der Waals surface area contributed by atoms with Crippen LogP contribution in [0.3, 0.4) is 0 Å².